The Morgan fingerprint density at radius 3 is 1.80 bits per heavy atom. The third-order valence-electron chi connectivity index (χ3n) is 9.10. The lowest BCUT2D eigenvalue weighted by Gasteiger charge is -2.29. The van der Waals surface area contributed by atoms with E-state index in [1.54, 1.807) is 19.1 Å². The first-order valence-corrected chi connectivity index (χ1v) is 15.9. The third kappa shape index (κ3) is 7.42. The number of halogens is 7. The first kappa shape index (κ1) is 33.6. The van der Waals surface area contributed by atoms with Crippen LogP contribution in [0.15, 0.2) is 66.7 Å². The molecule has 0 amide bonds. The summed E-state index contributed by atoms with van der Waals surface area (Å²) in [4.78, 5) is 0. The zero-order valence-corrected chi connectivity index (χ0v) is 25.9. The van der Waals surface area contributed by atoms with Gasteiger partial charge >= 0.3 is 6.11 Å². The number of benzene rings is 4. The fourth-order valence-electron chi connectivity index (χ4n) is 6.48. The van der Waals surface area contributed by atoms with Gasteiger partial charge in [0.25, 0.3) is 0 Å². The maximum atomic E-state index is 15.1. The second-order valence-electron chi connectivity index (χ2n) is 12.2. The number of aryl methyl sites for hydroxylation is 1. The second kappa shape index (κ2) is 14.3. The van der Waals surface area contributed by atoms with Gasteiger partial charge in [-0.05, 0) is 103 Å². The van der Waals surface area contributed by atoms with Gasteiger partial charge in [0.15, 0.2) is 0 Å². The van der Waals surface area contributed by atoms with Gasteiger partial charge < -0.3 is 4.74 Å². The fraction of sp³-hybridized carbons (Fsp3) is 0.368. The lowest BCUT2D eigenvalue weighted by atomic mass is 9.77. The molecule has 1 fully saturated rings. The highest BCUT2D eigenvalue weighted by molar-refractivity contribution is 5.72. The molecule has 0 aliphatic heterocycles. The van der Waals surface area contributed by atoms with Crippen molar-refractivity contribution in [2.24, 2.45) is 5.92 Å². The van der Waals surface area contributed by atoms with Crippen molar-refractivity contribution in [3.63, 3.8) is 0 Å². The van der Waals surface area contributed by atoms with Gasteiger partial charge in [0.2, 0.25) is 0 Å². The summed E-state index contributed by atoms with van der Waals surface area (Å²) < 4.78 is 109. The van der Waals surface area contributed by atoms with Gasteiger partial charge in [0, 0.05) is 17.2 Å². The van der Waals surface area contributed by atoms with Crippen molar-refractivity contribution in [1.29, 1.82) is 0 Å². The SMILES string of the molecule is CCCCCC1CCC(c2cc(F)c(C(F)(F)Oc3ccc(-c4ccc(-c5ccc(CC)c(F)c5)c(F)c4)c(F)c3)c(F)c2)CC1. The summed E-state index contributed by atoms with van der Waals surface area (Å²) in [5.74, 6) is -5.27. The summed E-state index contributed by atoms with van der Waals surface area (Å²) in [6.45, 7) is 3.95. The smallest absolute Gasteiger partial charge is 0.429 e. The van der Waals surface area contributed by atoms with Crippen molar-refractivity contribution in [1.82, 2.24) is 0 Å². The van der Waals surface area contributed by atoms with Crippen LogP contribution in [0.3, 0.4) is 0 Å². The summed E-state index contributed by atoms with van der Waals surface area (Å²) in [7, 11) is 0. The molecule has 0 N–H and O–H groups in total. The highest BCUT2D eigenvalue weighted by Gasteiger charge is 2.41. The third-order valence-corrected chi connectivity index (χ3v) is 9.10. The predicted octanol–water partition coefficient (Wildman–Crippen LogP) is 12.3. The highest BCUT2D eigenvalue weighted by Crippen LogP contribution is 2.42. The molecule has 0 heterocycles. The van der Waals surface area contributed by atoms with Crippen molar-refractivity contribution in [3.8, 4) is 28.0 Å². The molecule has 1 aliphatic rings. The fourth-order valence-corrected chi connectivity index (χ4v) is 6.48. The molecule has 0 radical (unpaired) electrons. The van der Waals surface area contributed by atoms with Crippen molar-refractivity contribution in [3.05, 3.63) is 113 Å². The van der Waals surface area contributed by atoms with Gasteiger partial charge in [-0.2, -0.15) is 8.78 Å². The van der Waals surface area contributed by atoms with Crippen LogP contribution in [0.25, 0.3) is 22.3 Å². The van der Waals surface area contributed by atoms with Crippen molar-refractivity contribution in [2.45, 2.75) is 83.7 Å². The van der Waals surface area contributed by atoms with E-state index in [1.807, 2.05) is 0 Å². The molecule has 8 heteroatoms. The Morgan fingerprint density at radius 1 is 0.652 bits per heavy atom. The molecule has 1 aliphatic carbocycles. The van der Waals surface area contributed by atoms with Crippen LogP contribution in [0.1, 0.15) is 87.8 Å². The van der Waals surface area contributed by atoms with E-state index in [2.05, 4.69) is 11.7 Å². The largest absolute Gasteiger partial charge is 0.432 e. The predicted molar refractivity (Wildman–Crippen MR) is 166 cm³/mol. The van der Waals surface area contributed by atoms with Gasteiger partial charge in [-0.25, -0.2) is 22.0 Å². The summed E-state index contributed by atoms with van der Waals surface area (Å²) in [5, 5.41) is 0. The molecule has 1 nitrogen and oxygen atoms in total. The molecule has 46 heavy (non-hydrogen) atoms. The number of hydrogen-bond acceptors (Lipinski definition) is 1. The van der Waals surface area contributed by atoms with Crippen molar-refractivity contribution >= 4 is 0 Å². The van der Waals surface area contributed by atoms with E-state index in [9.17, 15) is 4.39 Å². The first-order chi connectivity index (χ1) is 22.0. The maximum absolute atomic E-state index is 15.1. The van der Waals surface area contributed by atoms with Gasteiger partial charge in [0.05, 0.1) is 0 Å². The zero-order valence-electron chi connectivity index (χ0n) is 25.9. The summed E-state index contributed by atoms with van der Waals surface area (Å²) in [6, 6.07) is 12.9. The van der Waals surface area contributed by atoms with Gasteiger partial charge in [-0.15, -0.1) is 0 Å². The van der Waals surface area contributed by atoms with Gasteiger partial charge in [-0.1, -0.05) is 63.8 Å². The Balaban J connectivity index is 1.29. The Hall–Kier alpha value is -3.81. The molecule has 0 spiro atoms. The first-order valence-electron chi connectivity index (χ1n) is 15.9. The quantitative estimate of drug-likeness (QED) is 0.117. The summed E-state index contributed by atoms with van der Waals surface area (Å²) >= 11 is 0. The molecule has 0 unspecified atom stereocenters. The Labute approximate surface area is 265 Å². The van der Waals surface area contributed by atoms with E-state index in [0.29, 0.717) is 35.1 Å². The molecule has 0 bridgehead atoms. The average Bonchev–Trinajstić information content (AvgIpc) is 3.01. The molecule has 244 valence electrons. The zero-order chi connectivity index (χ0) is 33.0. The summed E-state index contributed by atoms with van der Waals surface area (Å²) in [6.07, 6.45) is 4.01. The number of ether oxygens (including phenoxy) is 1. The topological polar surface area (TPSA) is 9.23 Å². The lowest BCUT2D eigenvalue weighted by molar-refractivity contribution is -0.189. The molecular weight excluding hydrogens is 605 g/mol. The number of alkyl halides is 2. The standard InChI is InChI=1S/C38H37F7O/c1-3-5-6-7-23-8-10-25(11-9-23)28-20-35(42)37(36(43)21-28)38(44,45)46-29-15-17-31(34(41)22-29)27-14-16-30(33(40)19-27)26-13-12-24(4-2)32(39)18-26/h12-23,25H,3-11H2,1-2H3. The number of hydrogen-bond donors (Lipinski definition) is 0. The average molecular weight is 643 g/mol. The van der Waals surface area contributed by atoms with E-state index in [0.717, 1.165) is 75.3 Å². The van der Waals surface area contributed by atoms with Crippen molar-refractivity contribution < 1.29 is 35.5 Å². The Morgan fingerprint density at radius 2 is 1.24 bits per heavy atom. The van der Waals surface area contributed by atoms with Crippen LogP contribution in [0.5, 0.6) is 5.75 Å². The highest BCUT2D eigenvalue weighted by atomic mass is 19.3. The monoisotopic (exact) mass is 642 g/mol. The van der Waals surface area contributed by atoms with Gasteiger partial charge in [-0.3, -0.25) is 0 Å². The van der Waals surface area contributed by atoms with Crippen LogP contribution in [0.4, 0.5) is 30.7 Å². The van der Waals surface area contributed by atoms with Crippen LogP contribution in [0, 0.1) is 35.0 Å². The Kier molecular flexibility index (Phi) is 10.4. The molecular formula is C38H37F7O. The molecule has 5 rings (SSSR count). The minimum absolute atomic E-state index is 0.102. The van der Waals surface area contributed by atoms with E-state index < -0.39 is 46.5 Å². The summed E-state index contributed by atoms with van der Waals surface area (Å²) in [5.41, 5.74) is -0.309. The van der Waals surface area contributed by atoms with Gasteiger partial charge in [0.1, 0.15) is 40.4 Å². The second-order valence-corrected chi connectivity index (χ2v) is 12.2. The Bertz CT molecular complexity index is 1650. The molecule has 0 aromatic heterocycles. The van der Waals surface area contributed by atoms with E-state index in [1.165, 1.54) is 24.6 Å². The van der Waals surface area contributed by atoms with Crippen molar-refractivity contribution in [2.75, 3.05) is 0 Å². The molecule has 0 atom stereocenters. The van der Waals surface area contributed by atoms with E-state index >= 15 is 26.3 Å². The van der Waals surface area contributed by atoms with Crippen LogP contribution in [0.2, 0.25) is 0 Å². The van der Waals surface area contributed by atoms with Crippen LogP contribution < -0.4 is 4.74 Å². The molecule has 1 saturated carbocycles. The minimum atomic E-state index is -4.44. The molecule has 4 aromatic carbocycles. The molecule has 0 saturated heterocycles. The van der Waals surface area contributed by atoms with E-state index in [-0.39, 0.29) is 22.6 Å². The lowest BCUT2D eigenvalue weighted by Crippen LogP contribution is -2.26. The number of rotatable bonds is 11. The van der Waals surface area contributed by atoms with E-state index in [4.69, 9.17) is 0 Å². The van der Waals surface area contributed by atoms with Crippen LogP contribution in [-0.4, -0.2) is 0 Å². The molecule has 4 aromatic rings. The maximum Gasteiger partial charge on any atom is 0.432 e. The normalized spacial score (nSPS) is 16.9. The van der Waals surface area contributed by atoms with Crippen LogP contribution in [-0.2, 0) is 12.5 Å². The number of unbranched alkanes of at least 4 members (excludes halogenated alkanes) is 2. The van der Waals surface area contributed by atoms with Crippen LogP contribution >= 0.6 is 0 Å². The minimum Gasteiger partial charge on any atom is -0.429 e.